The maximum atomic E-state index is 13.7. The molecule has 3 rings (SSSR count). The number of likely N-dealkylation sites (tertiary alicyclic amines) is 1. The standard InChI is InChI=1S/C18H20NO2P/c20-18(19-13-7-8-14-19)15-22(21,16-9-3-1-4-10-16)17-11-5-2-6-12-17/h1-6,9-12H,7-8,13-15H2. The SMILES string of the molecule is O=C(CP(=O)(c1ccccc1)c1ccccc1)N1CCCC1. The van der Waals surface area contributed by atoms with Crippen molar-refractivity contribution in [3.05, 3.63) is 60.7 Å². The maximum absolute atomic E-state index is 13.7. The number of nitrogens with zero attached hydrogens (tertiary/aromatic N) is 1. The third-order valence-corrected chi connectivity index (χ3v) is 7.14. The van der Waals surface area contributed by atoms with Gasteiger partial charge in [0.2, 0.25) is 5.91 Å². The number of amides is 1. The molecule has 0 radical (unpaired) electrons. The lowest BCUT2D eigenvalue weighted by atomic mass is 10.4. The lowest BCUT2D eigenvalue weighted by Gasteiger charge is -2.22. The van der Waals surface area contributed by atoms with Gasteiger partial charge in [-0.25, -0.2) is 0 Å². The topological polar surface area (TPSA) is 37.4 Å². The van der Waals surface area contributed by atoms with Gasteiger partial charge in [0.25, 0.3) is 0 Å². The molecule has 1 fully saturated rings. The quantitative estimate of drug-likeness (QED) is 0.814. The minimum absolute atomic E-state index is 0.00791. The number of hydrogen-bond acceptors (Lipinski definition) is 2. The second-order valence-electron chi connectivity index (χ2n) is 5.66. The first-order chi connectivity index (χ1) is 10.7. The van der Waals surface area contributed by atoms with Crippen LogP contribution in [0.1, 0.15) is 12.8 Å². The van der Waals surface area contributed by atoms with Gasteiger partial charge in [0.05, 0.1) is 6.16 Å². The molecule has 0 N–H and O–H groups in total. The van der Waals surface area contributed by atoms with Crippen molar-refractivity contribution in [2.75, 3.05) is 19.3 Å². The lowest BCUT2D eigenvalue weighted by Crippen LogP contribution is -2.33. The maximum Gasteiger partial charge on any atom is 0.230 e. The molecule has 1 aliphatic rings. The van der Waals surface area contributed by atoms with Crippen LogP contribution in [0.2, 0.25) is 0 Å². The monoisotopic (exact) mass is 313 g/mol. The fraction of sp³-hybridized carbons (Fsp3) is 0.278. The van der Waals surface area contributed by atoms with Crippen molar-refractivity contribution in [3.63, 3.8) is 0 Å². The van der Waals surface area contributed by atoms with E-state index < -0.39 is 7.14 Å². The minimum atomic E-state index is -2.92. The third-order valence-electron chi connectivity index (χ3n) is 4.16. The molecule has 1 aliphatic heterocycles. The average Bonchev–Trinajstić information content (AvgIpc) is 3.11. The fourth-order valence-electron chi connectivity index (χ4n) is 2.93. The summed E-state index contributed by atoms with van der Waals surface area (Å²) in [6.07, 6.45) is 2.18. The smallest absolute Gasteiger partial charge is 0.230 e. The van der Waals surface area contributed by atoms with E-state index in [1.165, 1.54) is 0 Å². The Morgan fingerprint density at radius 1 is 0.864 bits per heavy atom. The van der Waals surface area contributed by atoms with E-state index in [0.29, 0.717) is 0 Å². The Labute approximate surface area is 131 Å². The molecular weight excluding hydrogens is 293 g/mol. The van der Waals surface area contributed by atoms with Crippen LogP contribution in [0.15, 0.2) is 60.7 Å². The van der Waals surface area contributed by atoms with Crippen molar-refractivity contribution >= 4 is 23.7 Å². The van der Waals surface area contributed by atoms with E-state index in [-0.39, 0.29) is 12.1 Å². The van der Waals surface area contributed by atoms with Gasteiger partial charge in [-0.1, -0.05) is 60.7 Å². The summed E-state index contributed by atoms with van der Waals surface area (Å²) in [6.45, 7) is 1.59. The number of carbonyl (C=O) groups excluding carboxylic acids is 1. The zero-order chi connectivity index (χ0) is 15.4. The van der Waals surface area contributed by atoms with Gasteiger partial charge in [0.15, 0.2) is 7.14 Å². The second-order valence-corrected chi connectivity index (χ2v) is 8.49. The summed E-state index contributed by atoms with van der Waals surface area (Å²) in [5, 5.41) is 1.52. The van der Waals surface area contributed by atoms with E-state index in [1.807, 2.05) is 65.6 Å². The first-order valence-corrected chi connectivity index (χ1v) is 9.57. The predicted molar refractivity (Wildman–Crippen MR) is 90.4 cm³/mol. The van der Waals surface area contributed by atoms with E-state index in [1.54, 1.807) is 0 Å². The molecule has 1 amide bonds. The van der Waals surface area contributed by atoms with Gasteiger partial charge in [-0.2, -0.15) is 0 Å². The summed E-state index contributed by atoms with van der Waals surface area (Å²) in [6, 6.07) is 18.8. The number of carbonyl (C=O) groups is 1. The van der Waals surface area contributed by atoms with Crippen LogP contribution in [0.3, 0.4) is 0 Å². The van der Waals surface area contributed by atoms with Gasteiger partial charge >= 0.3 is 0 Å². The Kier molecular flexibility index (Phi) is 4.44. The van der Waals surface area contributed by atoms with E-state index in [0.717, 1.165) is 36.5 Å². The summed E-state index contributed by atoms with van der Waals surface area (Å²) in [4.78, 5) is 14.4. The van der Waals surface area contributed by atoms with Crippen molar-refractivity contribution in [1.29, 1.82) is 0 Å². The van der Waals surface area contributed by atoms with Crippen LogP contribution in [-0.4, -0.2) is 30.1 Å². The molecule has 4 heteroatoms. The first-order valence-electron chi connectivity index (χ1n) is 7.68. The Morgan fingerprint density at radius 3 is 1.77 bits per heavy atom. The third kappa shape index (κ3) is 3.00. The Bertz CT molecular complexity index is 635. The van der Waals surface area contributed by atoms with Crippen LogP contribution in [-0.2, 0) is 9.36 Å². The van der Waals surface area contributed by atoms with Gasteiger partial charge in [-0.3, -0.25) is 4.79 Å². The van der Waals surface area contributed by atoms with E-state index in [2.05, 4.69) is 0 Å². The van der Waals surface area contributed by atoms with Crippen molar-refractivity contribution in [1.82, 2.24) is 4.90 Å². The molecule has 3 nitrogen and oxygen atoms in total. The Morgan fingerprint density at radius 2 is 1.32 bits per heavy atom. The van der Waals surface area contributed by atoms with Gasteiger partial charge in [-0.15, -0.1) is 0 Å². The Balaban J connectivity index is 1.97. The normalized spacial score (nSPS) is 15.0. The summed E-state index contributed by atoms with van der Waals surface area (Å²) < 4.78 is 13.7. The van der Waals surface area contributed by atoms with Crippen LogP contribution in [0.25, 0.3) is 0 Å². The lowest BCUT2D eigenvalue weighted by molar-refractivity contribution is -0.127. The fourth-order valence-corrected chi connectivity index (χ4v) is 5.48. The Hall–Kier alpha value is -1.86. The predicted octanol–water partition coefficient (Wildman–Crippen LogP) is 2.62. The molecule has 0 unspecified atom stereocenters. The average molecular weight is 313 g/mol. The second kappa shape index (κ2) is 6.50. The molecule has 2 aromatic rings. The first kappa shape index (κ1) is 15.1. The highest BCUT2D eigenvalue weighted by atomic mass is 31.2. The van der Waals surface area contributed by atoms with Gasteiger partial charge < -0.3 is 9.46 Å². The number of rotatable bonds is 4. The number of benzene rings is 2. The zero-order valence-corrected chi connectivity index (χ0v) is 13.4. The highest BCUT2D eigenvalue weighted by molar-refractivity contribution is 7.79. The largest absolute Gasteiger partial charge is 0.342 e. The van der Waals surface area contributed by atoms with Crippen molar-refractivity contribution < 1.29 is 9.36 Å². The highest BCUT2D eigenvalue weighted by Crippen LogP contribution is 2.43. The van der Waals surface area contributed by atoms with Crippen LogP contribution in [0.5, 0.6) is 0 Å². The molecule has 22 heavy (non-hydrogen) atoms. The molecule has 0 spiro atoms. The number of hydrogen-bond donors (Lipinski definition) is 0. The summed E-state index contributed by atoms with van der Waals surface area (Å²) in [7, 11) is -2.92. The minimum Gasteiger partial charge on any atom is -0.342 e. The van der Waals surface area contributed by atoms with E-state index >= 15 is 0 Å². The molecule has 2 aromatic carbocycles. The summed E-state index contributed by atoms with van der Waals surface area (Å²) >= 11 is 0. The van der Waals surface area contributed by atoms with E-state index in [9.17, 15) is 9.36 Å². The molecule has 0 aliphatic carbocycles. The molecule has 1 saturated heterocycles. The summed E-state index contributed by atoms with van der Waals surface area (Å²) in [5.41, 5.74) is 0. The molecule has 0 aromatic heterocycles. The zero-order valence-electron chi connectivity index (χ0n) is 12.5. The molecular formula is C18H20NO2P. The summed E-state index contributed by atoms with van der Waals surface area (Å²) in [5.74, 6) is 0.00791. The molecule has 0 atom stereocenters. The van der Waals surface area contributed by atoms with Gasteiger partial charge in [0, 0.05) is 23.7 Å². The van der Waals surface area contributed by atoms with Gasteiger partial charge in [0.1, 0.15) is 0 Å². The van der Waals surface area contributed by atoms with Crippen LogP contribution in [0, 0.1) is 0 Å². The van der Waals surface area contributed by atoms with Crippen molar-refractivity contribution in [3.8, 4) is 0 Å². The molecule has 114 valence electrons. The van der Waals surface area contributed by atoms with Gasteiger partial charge in [-0.05, 0) is 12.8 Å². The molecule has 0 bridgehead atoms. The van der Waals surface area contributed by atoms with Crippen molar-refractivity contribution in [2.24, 2.45) is 0 Å². The molecule has 1 heterocycles. The molecule has 0 saturated carbocycles. The van der Waals surface area contributed by atoms with Crippen LogP contribution >= 0.6 is 7.14 Å². The highest BCUT2D eigenvalue weighted by Gasteiger charge is 2.32. The van der Waals surface area contributed by atoms with Crippen LogP contribution in [0.4, 0.5) is 0 Å². The van der Waals surface area contributed by atoms with Crippen LogP contribution < -0.4 is 10.6 Å². The van der Waals surface area contributed by atoms with E-state index in [4.69, 9.17) is 0 Å². The van der Waals surface area contributed by atoms with Crippen molar-refractivity contribution in [2.45, 2.75) is 12.8 Å².